The molecular formula is C58H98N2O46. The van der Waals surface area contributed by atoms with Gasteiger partial charge in [-0.15, -0.1) is 0 Å². The van der Waals surface area contributed by atoms with Crippen LogP contribution in [0.3, 0.4) is 0 Å². The summed E-state index contributed by atoms with van der Waals surface area (Å²) < 4.78 is 98.8. The third kappa shape index (κ3) is 18.7. The second-order valence-electron chi connectivity index (χ2n) is 26.7. The first-order valence-electron chi connectivity index (χ1n) is 33.7. The topological polar surface area (TPSA) is 761 Å². The van der Waals surface area contributed by atoms with E-state index < -0.39 is 348 Å². The van der Waals surface area contributed by atoms with Crippen molar-refractivity contribution in [3.05, 3.63) is 0 Å². The van der Waals surface area contributed by atoms with Crippen LogP contribution in [0.4, 0.5) is 0 Å². The second-order valence-corrected chi connectivity index (χ2v) is 26.7. The fraction of sp³-hybridized carbons (Fsp3) is 0.966. The van der Waals surface area contributed by atoms with Crippen LogP contribution in [0.2, 0.25) is 0 Å². The molecule has 0 saturated carbocycles. The molecule has 9 saturated heterocycles. The summed E-state index contributed by atoms with van der Waals surface area (Å²) in [7, 11) is 0. The average molecular weight is 1560 g/mol. The van der Waals surface area contributed by atoms with E-state index in [0.717, 1.165) is 13.8 Å². The van der Waals surface area contributed by atoms with Crippen LogP contribution in [-0.4, -0.2) is 485 Å². The van der Waals surface area contributed by atoms with Crippen molar-refractivity contribution in [2.24, 2.45) is 0 Å². The van der Waals surface area contributed by atoms with Crippen LogP contribution in [0.1, 0.15) is 13.8 Å². The Labute approximate surface area is 598 Å². The molecule has 48 nitrogen and oxygen atoms in total. The maximum atomic E-state index is 12.9. The molecule has 45 atom stereocenters. The Kier molecular flexibility index (Phi) is 31.1. The summed E-state index contributed by atoms with van der Waals surface area (Å²) in [6.07, 6.45) is -90.3. The van der Waals surface area contributed by atoms with Gasteiger partial charge in [-0.3, -0.25) is 9.59 Å². The molecule has 0 aromatic carbocycles. The van der Waals surface area contributed by atoms with Crippen LogP contribution in [0.5, 0.6) is 0 Å². The summed E-state index contributed by atoms with van der Waals surface area (Å²) in [6.45, 7) is -7.76. The third-order valence-electron chi connectivity index (χ3n) is 19.5. The van der Waals surface area contributed by atoms with Gasteiger partial charge in [0.05, 0.1) is 59.5 Å². The number of rotatable bonds is 27. The summed E-state index contributed by atoms with van der Waals surface area (Å²) in [6, 6.07) is -3.55. The minimum atomic E-state index is -2.54. The van der Waals surface area contributed by atoms with Crippen LogP contribution in [0.25, 0.3) is 0 Å². The molecule has 0 aliphatic carbocycles. The minimum absolute atomic E-state index is 0.783. The van der Waals surface area contributed by atoms with Crippen molar-refractivity contribution in [2.75, 3.05) is 59.5 Å². The highest BCUT2D eigenvalue weighted by Crippen LogP contribution is 2.39. The molecule has 48 heteroatoms. The molecule has 0 unspecified atom stereocenters. The summed E-state index contributed by atoms with van der Waals surface area (Å²) in [5, 5.41) is 301. The number of nitrogens with one attached hydrogen (secondary N) is 2. The third-order valence-corrected chi connectivity index (χ3v) is 19.5. The maximum absolute atomic E-state index is 12.9. The van der Waals surface area contributed by atoms with Gasteiger partial charge in [0.1, 0.15) is 220 Å². The first-order valence-corrected chi connectivity index (χ1v) is 33.7. The first kappa shape index (κ1) is 87.2. The maximum Gasteiger partial charge on any atom is 0.217 e. The molecule has 106 heavy (non-hydrogen) atoms. The predicted molar refractivity (Wildman–Crippen MR) is 320 cm³/mol. The quantitative estimate of drug-likeness (QED) is 0.0363. The van der Waals surface area contributed by atoms with Crippen molar-refractivity contribution in [3.63, 3.8) is 0 Å². The fourth-order valence-electron chi connectivity index (χ4n) is 13.5. The van der Waals surface area contributed by atoms with E-state index >= 15 is 0 Å². The highest BCUT2D eigenvalue weighted by atomic mass is 16.8. The Morgan fingerprint density at radius 1 is 0.245 bits per heavy atom. The standard InChI is InChI=1S/C58H98N2O46/c1-12(68)59-23-32(77)44(19(8-66)92-50(23)89)101-51-24(60-13(2)69)33(78)45(20(9-67)98-51)102-56-43(88)47(104-58-49(38(83)29(74)18(7-65)97-58)106-55-41(86)36(81)27(72)16(5-63)95-55)31(76)22(100-56)10-90-52-42(87)46(103-53-39(84)34(79)25(70)14(3-61)93-53)30(75)21(99-52)11-91-57-48(37(82)28(73)17(6-64)96-57)105-54-40(85)35(80)26(71)15(4-62)94-54/h14-58,61-67,70-89H,3-11H2,1-2H3,(H,59,68)(H,60,69)/t14-,15-,16-,17-,18-,19-,20-,21-,22-,23-,24-,25-,26-,27-,28-,29-,30-,31-,32-,33-,34+,35+,36+,37+,38+,39+,40+,41+,42-,43+,44-,45-,46+,47+,48+,49+,50-,51+,52+,53-,54-,55-,56+,57+,58-/m1/s1. The van der Waals surface area contributed by atoms with Gasteiger partial charge in [0.15, 0.2) is 56.6 Å². The molecule has 9 fully saturated rings. The second kappa shape index (κ2) is 37.9. The van der Waals surface area contributed by atoms with Gasteiger partial charge in [-0.1, -0.05) is 0 Å². The number of amides is 2. The van der Waals surface area contributed by atoms with E-state index in [0.29, 0.717) is 0 Å². The zero-order valence-corrected chi connectivity index (χ0v) is 56.2. The van der Waals surface area contributed by atoms with Crippen molar-refractivity contribution in [1.82, 2.24) is 10.6 Å². The zero-order valence-electron chi connectivity index (χ0n) is 56.2. The number of aliphatic hydroxyl groups excluding tert-OH is 27. The van der Waals surface area contributed by atoms with E-state index in [2.05, 4.69) is 10.6 Å². The molecule has 0 radical (unpaired) electrons. The van der Waals surface area contributed by atoms with Gasteiger partial charge in [0.25, 0.3) is 0 Å². The van der Waals surface area contributed by atoms with Gasteiger partial charge in [0.2, 0.25) is 11.8 Å². The van der Waals surface area contributed by atoms with E-state index in [-0.39, 0.29) is 0 Å². The van der Waals surface area contributed by atoms with Crippen molar-refractivity contribution in [1.29, 1.82) is 0 Å². The largest absolute Gasteiger partial charge is 0.394 e. The van der Waals surface area contributed by atoms with Gasteiger partial charge >= 0.3 is 0 Å². The number of hydrogen-bond donors (Lipinski definition) is 29. The Balaban J connectivity index is 1.05. The van der Waals surface area contributed by atoms with Crippen molar-refractivity contribution in [3.8, 4) is 0 Å². The van der Waals surface area contributed by atoms with Crippen LogP contribution < -0.4 is 10.6 Å². The van der Waals surface area contributed by atoms with Crippen LogP contribution in [0, 0.1) is 0 Å². The lowest BCUT2D eigenvalue weighted by molar-refractivity contribution is -0.399. The lowest BCUT2D eigenvalue weighted by atomic mass is 9.94. The molecule has 0 aromatic heterocycles. The van der Waals surface area contributed by atoms with Crippen LogP contribution in [-0.2, 0) is 90.1 Å². The van der Waals surface area contributed by atoms with Gasteiger partial charge in [-0.2, -0.15) is 0 Å². The van der Waals surface area contributed by atoms with E-state index in [1.54, 1.807) is 0 Å². The normalized spacial score (nSPS) is 51.2. The summed E-state index contributed by atoms with van der Waals surface area (Å²) in [5.74, 6) is -1.72. The van der Waals surface area contributed by atoms with E-state index in [1.165, 1.54) is 0 Å². The lowest BCUT2D eigenvalue weighted by Crippen LogP contribution is -2.70. The Morgan fingerprint density at radius 2 is 0.519 bits per heavy atom. The van der Waals surface area contributed by atoms with Gasteiger partial charge in [0, 0.05) is 13.8 Å². The van der Waals surface area contributed by atoms with Gasteiger partial charge in [-0.05, 0) is 0 Å². The number of ether oxygens (including phenoxy) is 17. The molecule has 9 aliphatic heterocycles. The Hall–Kier alpha value is -2.82. The molecule has 9 aliphatic rings. The number of hydrogen-bond acceptors (Lipinski definition) is 46. The Morgan fingerprint density at radius 3 is 0.934 bits per heavy atom. The predicted octanol–water partition coefficient (Wildman–Crippen LogP) is -20.3. The van der Waals surface area contributed by atoms with Gasteiger partial charge in [-0.25, -0.2) is 0 Å². The molecule has 0 aromatic rings. The number of aliphatic hydroxyl groups is 27. The number of carbonyl (C=O) groups is 2. The summed E-state index contributed by atoms with van der Waals surface area (Å²) >= 11 is 0. The van der Waals surface area contributed by atoms with E-state index in [9.17, 15) is 147 Å². The summed E-state index contributed by atoms with van der Waals surface area (Å²) in [4.78, 5) is 25.0. The molecule has 29 N–H and O–H groups in total. The SMILES string of the molecule is CC(=O)N[C@@H]1[C@@H](O)[C@H](O[C@@H]2O[C@H](CO)[C@@H](O[C@@H]3O[C@H](CO[C@H]4O[C@H](CO[C@H]5O[C@H](CO)[C@@H](O)[C@H](O)[C@@H]5O[C@H]5O[C@H](CO)[C@@H](O)[C@H](O)[C@@H]5O)[C@@H](O)[C@H](O[C@H]5O[C@H](CO)[C@@H](O)[C@H](O)[C@@H]5O)[C@H]4O)[C@@H](O)[C@H](O[C@H]4O[C@H](CO)[C@@H](O)[C@H](O)[C@@H]4O[C@H]4O[C@H](CO)[C@@H](O)[C@H](O)[C@@H]4O)[C@@H]3O)[C@H](O)[C@H]2NC(C)=O)[C@@H](CO)O[C@H]1O. The van der Waals surface area contributed by atoms with Crippen molar-refractivity contribution >= 4 is 11.8 Å². The fourth-order valence-corrected chi connectivity index (χ4v) is 13.5. The lowest BCUT2D eigenvalue weighted by Gasteiger charge is -2.50. The van der Waals surface area contributed by atoms with Crippen molar-refractivity contribution < 1.29 is 228 Å². The summed E-state index contributed by atoms with van der Waals surface area (Å²) in [5.41, 5.74) is 0. The molecule has 2 amide bonds. The van der Waals surface area contributed by atoms with Gasteiger partial charge < -0.3 is 229 Å². The molecule has 9 rings (SSSR count). The average Bonchev–Trinajstić information content (AvgIpc) is 0.774. The van der Waals surface area contributed by atoms with Crippen molar-refractivity contribution in [2.45, 2.75) is 290 Å². The van der Waals surface area contributed by atoms with E-state index in [1.807, 2.05) is 0 Å². The highest BCUT2D eigenvalue weighted by molar-refractivity contribution is 5.73. The molecule has 616 valence electrons. The zero-order chi connectivity index (χ0) is 77.9. The Bertz CT molecular complexity index is 2710. The molecule has 9 heterocycles. The van der Waals surface area contributed by atoms with Crippen LogP contribution in [0.15, 0.2) is 0 Å². The molecule has 0 bridgehead atoms. The monoisotopic (exact) mass is 1560 g/mol. The molecular weight excluding hydrogens is 1460 g/mol. The number of carbonyl (C=O) groups excluding carboxylic acids is 2. The minimum Gasteiger partial charge on any atom is -0.394 e. The molecule has 0 spiro atoms. The van der Waals surface area contributed by atoms with E-state index in [4.69, 9.17) is 80.5 Å². The smallest absolute Gasteiger partial charge is 0.217 e. The van der Waals surface area contributed by atoms with Crippen LogP contribution >= 0.6 is 0 Å². The first-order chi connectivity index (χ1) is 50.2. The highest BCUT2D eigenvalue weighted by Gasteiger charge is 2.60.